The predicted octanol–water partition coefficient (Wildman–Crippen LogP) is 1.00. The van der Waals surface area contributed by atoms with Gasteiger partial charge in [-0.15, -0.1) is 0 Å². The summed E-state index contributed by atoms with van der Waals surface area (Å²) in [5.74, 6) is -3.46. The van der Waals surface area contributed by atoms with E-state index in [0.29, 0.717) is 6.42 Å². The van der Waals surface area contributed by atoms with Crippen LogP contribution in [0, 0.1) is 11.8 Å². The molecule has 0 bridgehead atoms. The van der Waals surface area contributed by atoms with Gasteiger partial charge >= 0.3 is 0 Å². The van der Waals surface area contributed by atoms with Gasteiger partial charge in [0.2, 0.25) is 17.7 Å². The van der Waals surface area contributed by atoms with Crippen molar-refractivity contribution in [3.8, 4) is 5.75 Å². The van der Waals surface area contributed by atoms with E-state index in [1.54, 1.807) is 50.5 Å². The van der Waals surface area contributed by atoms with Crippen LogP contribution in [0.25, 0.3) is 0 Å². The average Bonchev–Trinajstić information content (AvgIpc) is 2.92. The van der Waals surface area contributed by atoms with Crippen molar-refractivity contribution in [1.82, 2.24) is 25.8 Å². The molecular weight excluding hydrogens is 514 g/mol. The lowest BCUT2D eigenvalue weighted by molar-refractivity contribution is -0.146. The van der Waals surface area contributed by atoms with Crippen LogP contribution in [-0.4, -0.2) is 81.0 Å². The molecule has 11 nitrogen and oxygen atoms in total. The lowest BCUT2D eigenvalue weighted by Gasteiger charge is -2.37. The summed E-state index contributed by atoms with van der Waals surface area (Å²) in [6.07, 6.45) is 2.41. The van der Waals surface area contributed by atoms with Crippen molar-refractivity contribution in [1.29, 1.82) is 0 Å². The minimum Gasteiger partial charge on any atom is -0.507 e. The first-order valence-corrected chi connectivity index (χ1v) is 13.4. The summed E-state index contributed by atoms with van der Waals surface area (Å²) in [4.78, 5) is 59.1. The van der Waals surface area contributed by atoms with E-state index in [2.05, 4.69) is 20.9 Å². The maximum Gasteiger partial charge on any atom is 0.255 e. The lowest BCUT2D eigenvalue weighted by atomic mass is 9.90. The number of nitrogens with one attached hydrogen (secondary N) is 3. The summed E-state index contributed by atoms with van der Waals surface area (Å²) in [7, 11) is 1.53. The Balaban J connectivity index is 2.03. The molecule has 2 aromatic rings. The van der Waals surface area contributed by atoms with Crippen LogP contribution in [0.3, 0.4) is 0 Å². The quantitative estimate of drug-likeness (QED) is 0.357. The van der Waals surface area contributed by atoms with E-state index < -0.39 is 59.8 Å². The number of nitrogens with zero attached hydrogens (tertiary/aromatic N) is 2. The van der Waals surface area contributed by atoms with E-state index in [9.17, 15) is 29.4 Å². The second-order valence-corrected chi connectivity index (χ2v) is 10.8. The molecule has 0 saturated carbocycles. The second-order valence-electron chi connectivity index (χ2n) is 10.8. The Hall–Kier alpha value is -3.99. The zero-order chi connectivity index (χ0) is 29.6. The van der Waals surface area contributed by atoms with Crippen molar-refractivity contribution in [2.24, 2.45) is 11.8 Å². The Kier molecular flexibility index (Phi) is 10.2. The van der Waals surface area contributed by atoms with Crippen molar-refractivity contribution in [2.75, 3.05) is 7.05 Å². The predicted molar refractivity (Wildman–Crippen MR) is 148 cm³/mol. The van der Waals surface area contributed by atoms with E-state index in [1.165, 1.54) is 24.1 Å². The molecule has 1 saturated heterocycles. The number of para-hydroxylation sites is 1. The Morgan fingerprint density at radius 3 is 2.40 bits per heavy atom. The number of pyridine rings is 1. The standard InChI is InChI=1S/C29H39N5O6/c1-16(2)13-22-27(38)31-18(4)24(33-26(37)20-10-6-7-11-23(20)35)28(39)32-21(14-19-9-8-12-30-15-19)25(36)17(3)29(40)34(22)5/h6-12,15-18,21-22,24-25,35-36H,13-14H2,1-5H3,(H,31,38)(H,32,39)(H,33,37)/t17-,18-,21+,22?,24+,25+/m1/s1. The van der Waals surface area contributed by atoms with Crippen molar-refractivity contribution < 1.29 is 29.4 Å². The zero-order valence-corrected chi connectivity index (χ0v) is 23.5. The number of amides is 4. The highest BCUT2D eigenvalue weighted by molar-refractivity contribution is 6.00. The summed E-state index contributed by atoms with van der Waals surface area (Å²) < 4.78 is 0. The van der Waals surface area contributed by atoms with Crippen LogP contribution in [0.1, 0.15) is 50.0 Å². The van der Waals surface area contributed by atoms with Gasteiger partial charge < -0.3 is 31.1 Å². The van der Waals surface area contributed by atoms with Gasteiger partial charge in [0.1, 0.15) is 17.8 Å². The monoisotopic (exact) mass is 553 g/mol. The van der Waals surface area contributed by atoms with Crippen LogP contribution in [0.15, 0.2) is 48.8 Å². The number of aromatic hydroxyl groups is 1. The molecule has 11 heteroatoms. The fourth-order valence-corrected chi connectivity index (χ4v) is 4.87. The largest absolute Gasteiger partial charge is 0.507 e. The van der Waals surface area contributed by atoms with Crippen molar-refractivity contribution in [2.45, 2.75) is 70.8 Å². The minimum atomic E-state index is -1.31. The molecule has 40 heavy (non-hydrogen) atoms. The molecule has 1 fully saturated rings. The van der Waals surface area contributed by atoms with Gasteiger partial charge in [0.25, 0.3) is 5.91 Å². The molecule has 1 aliphatic rings. The van der Waals surface area contributed by atoms with Crippen LogP contribution in [0.5, 0.6) is 5.75 Å². The van der Waals surface area contributed by atoms with E-state index in [-0.39, 0.29) is 23.7 Å². The molecule has 1 aromatic heterocycles. The molecule has 1 aromatic carbocycles. The highest BCUT2D eigenvalue weighted by atomic mass is 16.3. The molecule has 1 aliphatic heterocycles. The summed E-state index contributed by atoms with van der Waals surface area (Å²) in [6, 6.07) is 5.47. The highest BCUT2D eigenvalue weighted by Crippen LogP contribution is 2.21. The number of likely N-dealkylation sites (N-methyl/N-ethyl adjacent to an activating group) is 1. The minimum absolute atomic E-state index is 0.0384. The van der Waals surface area contributed by atoms with E-state index in [1.807, 2.05) is 13.8 Å². The Bertz CT molecular complexity index is 1210. The number of hydrogen-bond acceptors (Lipinski definition) is 7. The van der Waals surface area contributed by atoms with E-state index in [0.717, 1.165) is 5.56 Å². The van der Waals surface area contributed by atoms with Gasteiger partial charge in [-0.25, -0.2) is 0 Å². The third-order valence-corrected chi connectivity index (χ3v) is 7.22. The number of aliphatic hydroxyl groups excluding tert-OH is 1. The average molecular weight is 554 g/mol. The number of phenols is 1. The van der Waals surface area contributed by atoms with Gasteiger partial charge in [0.05, 0.1) is 29.7 Å². The fourth-order valence-electron chi connectivity index (χ4n) is 4.87. The molecule has 0 spiro atoms. The first-order chi connectivity index (χ1) is 18.9. The van der Waals surface area contributed by atoms with Crippen LogP contribution in [0.4, 0.5) is 0 Å². The lowest BCUT2D eigenvalue weighted by Crippen LogP contribution is -2.64. The topological polar surface area (TPSA) is 161 Å². The molecule has 1 unspecified atom stereocenters. The third kappa shape index (κ3) is 7.35. The number of benzene rings is 1. The molecule has 6 atom stereocenters. The molecule has 4 amide bonds. The van der Waals surface area contributed by atoms with Crippen molar-refractivity contribution >= 4 is 23.6 Å². The molecule has 3 rings (SSSR count). The molecule has 216 valence electrons. The van der Waals surface area contributed by atoms with Crippen LogP contribution < -0.4 is 16.0 Å². The normalized spacial score (nSPS) is 26.4. The highest BCUT2D eigenvalue weighted by Gasteiger charge is 2.40. The maximum atomic E-state index is 13.7. The van der Waals surface area contributed by atoms with Crippen molar-refractivity contribution in [3.05, 3.63) is 59.9 Å². The Labute approximate surface area is 234 Å². The van der Waals surface area contributed by atoms with Crippen LogP contribution in [-0.2, 0) is 20.8 Å². The van der Waals surface area contributed by atoms with Crippen LogP contribution >= 0.6 is 0 Å². The van der Waals surface area contributed by atoms with Gasteiger partial charge in [0, 0.05) is 19.4 Å². The smallest absolute Gasteiger partial charge is 0.255 e. The summed E-state index contributed by atoms with van der Waals surface area (Å²) in [5, 5.41) is 29.8. The van der Waals surface area contributed by atoms with Gasteiger partial charge in [0.15, 0.2) is 0 Å². The van der Waals surface area contributed by atoms with Crippen LogP contribution in [0.2, 0.25) is 0 Å². The first-order valence-electron chi connectivity index (χ1n) is 13.4. The Morgan fingerprint density at radius 1 is 1.07 bits per heavy atom. The van der Waals surface area contributed by atoms with Gasteiger partial charge in [-0.1, -0.05) is 39.0 Å². The van der Waals surface area contributed by atoms with E-state index >= 15 is 0 Å². The zero-order valence-electron chi connectivity index (χ0n) is 23.5. The number of rotatable bonds is 6. The van der Waals surface area contributed by atoms with Gasteiger partial charge in [-0.2, -0.15) is 0 Å². The van der Waals surface area contributed by atoms with Crippen molar-refractivity contribution in [3.63, 3.8) is 0 Å². The first kappa shape index (κ1) is 30.6. The molecule has 2 heterocycles. The number of aromatic nitrogens is 1. The number of aliphatic hydroxyl groups is 1. The fraction of sp³-hybridized carbons (Fsp3) is 0.483. The van der Waals surface area contributed by atoms with Gasteiger partial charge in [-0.05, 0) is 49.4 Å². The molecule has 5 N–H and O–H groups in total. The summed E-state index contributed by atoms with van der Waals surface area (Å²) in [6.45, 7) is 6.98. The molecular formula is C29H39N5O6. The number of hydrogen-bond donors (Lipinski definition) is 5. The molecule has 0 aliphatic carbocycles. The van der Waals surface area contributed by atoms with E-state index in [4.69, 9.17) is 0 Å². The SMILES string of the molecule is CC(C)CC1C(=O)N[C@H](C)[C@H](NC(=O)c2ccccc2O)C(=O)N[C@@H](Cc2cccnc2)[C@@H](O)[C@@H](C)C(=O)N1C. The third-order valence-electron chi connectivity index (χ3n) is 7.22. The number of carbonyl (C=O) groups is 4. The summed E-state index contributed by atoms with van der Waals surface area (Å²) >= 11 is 0. The second kappa shape index (κ2) is 13.4. The number of phenolic OH excluding ortho intramolecular Hbond substituents is 1. The maximum absolute atomic E-state index is 13.7. The molecule has 0 radical (unpaired) electrons. The van der Waals surface area contributed by atoms with Gasteiger partial charge in [-0.3, -0.25) is 24.2 Å². The number of carbonyl (C=O) groups excluding carboxylic acids is 4. The summed E-state index contributed by atoms with van der Waals surface area (Å²) in [5.41, 5.74) is 0.685. The Morgan fingerprint density at radius 2 is 1.77 bits per heavy atom.